The van der Waals surface area contributed by atoms with E-state index in [0.717, 1.165) is 57.8 Å². The van der Waals surface area contributed by atoms with Gasteiger partial charge in [-0.15, -0.1) is 0 Å². The molecular formula is C42H56O10. The molecule has 2 aliphatic heterocycles. The number of rotatable bonds is 9. The van der Waals surface area contributed by atoms with Gasteiger partial charge in [0.1, 0.15) is 5.60 Å². The highest BCUT2D eigenvalue weighted by Gasteiger charge is 2.73. The van der Waals surface area contributed by atoms with Crippen molar-refractivity contribution in [3.05, 3.63) is 0 Å². The fraction of sp³-hybridized carbons (Fsp3) is 0.881. The summed E-state index contributed by atoms with van der Waals surface area (Å²) in [6, 6.07) is 0. The van der Waals surface area contributed by atoms with E-state index in [2.05, 4.69) is 0 Å². The number of carbonyl (C=O) groups excluding carboxylic acids is 5. The standard InChI is InChI=1S/C42H56O10/c1-20(49-41-16-23-7-24(17-41)9-25(8-23)18-41)31-32(35(45)48-34(31)44)39(4,37(47)51-40(5)27-10-21-6-22(12-27)13-28(40)11-21)38(2,3)36(46)52-42-19-26-14-29(30(42)15-26)33(43)50-42/h20-32H,6-19H2,1-5H3. The van der Waals surface area contributed by atoms with Crippen molar-refractivity contribution in [3.63, 3.8) is 0 Å². The molecule has 12 fully saturated rings. The van der Waals surface area contributed by atoms with Crippen molar-refractivity contribution in [2.24, 2.45) is 81.8 Å². The lowest BCUT2D eigenvalue weighted by molar-refractivity contribution is -0.244. The van der Waals surface area contributed by atoms with Gasteiger partial charge in [-0.3, -0.25) is 24.0 Å². The lowest BCUT2D eigenvalue weighted by atomic mass is 9.50. The van der Waals surface area contributed by atoms with Crippen LogP contribution in [0.3, 0.4) is 0 Å². The minimum atomic E-state index is -1.88. The fourth-order valence-electron chi connectivity index (χ4n) is 15.2. The number of carbonyl (C=O) groups is 5. The average molecular weight is 721 g/mol. The molecule has 10 aliphatic carbocycles. The van der Waals surface area contributed by atoms with Crippen LogP contribution in [0.4, 0.5) is 0 Å². The van der Waals surface area contributed by atoms with Gasteiger partial charge in [-0.05, 0) is 165 Å². The zero-order chi connectivity index (χ0) is 36.3. The van der Waals surface area contributed by atoms with Gasteiger partial charge in [0.05, 0.1) is 46.2 Å². The van der Waals surface area contributed by atoms with Crippen molar-refractivity contribution in [1.29, 1.82) is 0 Å². The molecule has 284 valence electrons. The third kappa shape index (κ3) is 4.54. The van der Waals surface area contributed by atoms with Gasteiger partial charge in [0.2, 0.25) is 0 Å². The number of ether oxygens (including phenoxy) is 5. The van der Waals surface area contributed by atoms with Crippen LogP contribution in [0, 0.1) is 81.8 Å². The Morgan fingerprint density at radius 3 is 1.83 bits per heavy atom. The number of hydrogen-bond acceptors (Lipinski definition) is 10. The highest BCUT2D eigenvalue weighted by atomic mass is 16.7. The summed E-state index contributed by atoms with van der Waals surface area (Å²) in [7, 11) is 0. The van der Waals surface area contributed by atoms with E-state index in [0.29, 0.717) is 36.0 Å². The Hall–Kier alpha value is -2.49. The van der Waals surface area contributed by atoms with Gasteiger partial charge in [0, 0.05) is 6.42 Å². The van der Waals surface area contributed by atoms with Gasteiger partial charge < -0.3 is 23.7 Å². The Bertz CT molecular complexity index is 1570. The van der Waals surface area contributed by atoms with E-state index in [1.54, 1.807) is 20.8 Å². The first-order chi connectivity index (χ1) is 24.5. The largest absolute Gasteiger partial charge is 0.458 e. The Balaban J connectivity index is 1.00. The van der Waals surface area contributed by atoms with Crippen LogP contribution in [0.15, 0.2) is 0 Å². The molecule has 2 saturated heterocycles. The molecule has 0 amide bonds. The van der Waals surface area contributed by atoms with Gasteiger partial charge in [0.15, 0.2) is 0 Å². The molecule has 10 heteroatoms. The molecule has 2 heterocycles. The summed E-state index contributed by atoms with van der Waals surface area (Å²) in [5.74, 6) is -3.98. The van der Waals surface area contributed by atoms with Gasteiger partial charge >= 0.3 is 29.8 Å². The lowest BCUT2D eigenvalue weighted by Gasteiger charge is -2.60. The second-order valence-corrected chi connectivity index (χ2v) is 20.7. The normalized spacial score (nSPS) is 50.7. The molecule has 0 N–H and O–H groups in total. The summed E-state index contributed by atoms with van der Waals surface area (Å²) < 4.78 is 31.4. The van der Waals surface area contributed by atoms with Crippen molar-refractivity contribution in [1.82, 2.24) is 0 Å². The molecule has 12 aliphatic rings. The molecular weight excluding hydrogens is 664 g/mol. The highest BCUT2D eigenvalue weighted by Crippen LogP contribution is 2.64. The molecule has 52 heavy (non-hydrogen) atoms. The van der Waals surface area contributed by atoms with Gasteiger partial charge in [0.25, 0.3) is 5.79 Å². The first-order valence-corrected chi connectivity index (χ1v) is 20.7. The maximum atomic E-state index is 15.3. The second kappa shape index (κ2) is 10.8. The van der Waals surface area contributed by atoms with Crippen LogP contribution < -0.4 is 0 Å². The van der Waals surface area contributed by atoms with E-state index in [4.69, 9.17) is 23.7 Å². The van der Waals surface area contributed by atoms with E-state index >= 15 is 4.79 Å². The summed E-state index contributed by atoms with van der Waals surface area (Å²) in [6.07, 6.45) is 12.9. The highest BCUT2D eigenvalue weighted by molar-refractivity contribution is 6.02. The maximum Gasteiger partial charge on any atom is 0.320 e. The first kappa shape index (κ1) is 34.0. The van der Waals surface area contributed by atoms with Gasteiger partial charge in [-0.25, -0.2) is 0 Å². The summed E-state index contributed by atoms with van der Waals surface area (Å²) >= 11 is 0. The monoisotopic (exact) mass is 720 g/mol. The first-order valence-electron chi connectivity index (χ1n) is 20.7. The SMILES string of the molecule is CC(OC12CC3CC(CC(C3)C1)C2)C1C(=O)OC(=O)C1C(C)(C(=O)OC1(C)C2CC3CC(C2)CC1C3)C(C)(C)C(=O)OC12CC3CC(C(=O)O1)C2C3. The molecule has 12 rings (SSSR count). The molecule has 0 radical (unpaired) electrons. The van der Waals surface area contributed by atoms with Crippen LogP contribution in [-0.2, 0) is 47.7 Å². The zero-order valence-electron chi connectivity index (χ0n) is 31.5. The molecule has 10 bridgehead atoms. The van der Waals surface area contributed by atoms with Crippen molar-refractivity contribution in [2.45, 2.75) is 148 Å². The van der Waals surface area contributed by atoms with Crippen molar-refractivity contribution >= 4 is 29.8 Å². The summed E-state index contributed by atoms with van der Waals surface area (Å²) in [5.41, 5.74) is -4.70. The molecule has 0 aromatic heterocycles. The molecule has 10 saturated carbocycles. The summed E-state index contributed by atoms with van der Waals surface area (Å²) in [4.78, 5) is 71.1. The molecule has 8 unspecified atom stereocenters. The molecule has 8 atom stereocenters. The lowest BCUT2D eigenvalue weighted by Crippen LogP contribution is -2.63. The van der Waals surface area contributed by atoms with Gasteiger partial charge in [-0.2, -0.15) is 0 Å². The molecule has 0 aromatic rings. The molecule has 0 spiro atoms. The van der Waals surface area contributed by atoms with Crippen LogP contribution in [0.1, 0.15) is 125 Å². The Morgan fingerprint density at radius 1 is 0.692 bits per heavy atom. The van der Waals surface area contributed by atoms with Crippen molar-refractivity contribution in [2.75, 3.05) is 0 Å². The van der Waals surface area contributed by atoms with Crippen LogP contribution in [0.5, 0.6) is 0 Å². The summed E-state index contributed by atoms with van der Waals surface area (Å²) in [5, 5.41) is 0. The van der Waals surface area contributed by atoms with E-state index in [9.17, 15) is 19.2 Å². The third-order valence-corrected chi connectivity index (χ3v) is 17.6. The van der Waals surface area contributed by atoms with E-state index in [-0.39, 0.29) is 41.2 Å². The number of cyclic esters (lactones) is 2. The van der Waals surface area contributed by atoms with Gasteiger partial charge in [-0.1, -0.05) is 0 Å². The van der Waals surface area contributed by atoms with Crippen LogP contribution in [0.25, 0.3) is 0 Å². The quantitative estimate of drug-likeness (QED) is 0.152. The Kier molecular flexibility index (Phi) is 7.09. The van der Waals surface area contributed by atoms with E-state index < -0.39 is 64.0 Å². The molecule has 0 aromatic carbocycles. The molecule has 10 nitrogen and oxygen atoms in total. The Morgan fingerprint density at radius 2 is 1.25 bits per heavy atom. The average Bonchev–Trinajstić information content (AvgIpc) is 3.75. The predicted molar refractivity (Wildman–Crippen MR) is 182 cm³/mol. The number of hydrogen-bond donors (Lipinski definition) is 0. The maximum absolute atomic E-state index is 15.3. The summed E-state index contributed by atoms with van der Waals surface area (Å²) in [6.45, 7) is 8.72. The van der Waals surface area contributed by atoms with Crippen molar-refractivity contribution < 1.29 is 47.7 Å². The predicted octanol–water partition coefficient (Wildman–Crippen LogP) is 6.31. The number of fused-ring (bicyclic) bond motifs is 1. The van der Waals surface area contributed by atoms with Crippen LogP contribution in [0.2, 0.25) is 0 Å². The third-order valence-electron chi connectivity index (χ3n) is 17.6. The minimum Gasteiger partial charge on any atom is -0.458 e. The van der Waals surface area contributed by atoms with E-state index in [1.807, 2.05) is 13.8 Å². The van der Waals surface area contributed by atoms with Crippen molar-refractivity contribution in [3.8, 4) is 0 Å². The van der Waals surface area contributed by atoms with E-state index in [1.165, 1.54) is 25.7 Å². The van der Waals surface area contributed by atoms with Crippen LogP contribution in [-0.4, -0.2) is 52.9 Å². The topological polar surface area (TPSA) is 132 Å². The fourth-order valence-corrected chi connectivity index (χ4v) is 15.2. The Labute approximate surface area is 306 Å². The smallest absolute Gasteiger partial charge is 0.320 e. The second-order valence-electron chi connectivity index (χ2n) is 20.7. The van der Waals surface area contributed by atoms with Crippen LogP contribution >= 0.6 is 0 Å². The number of esters is 5. The zero-order valence-corrected chi connectivity index (χ0v) is 31.5. The minimum absolute atomic E-state index is 0.195.